The molecule has 0 radical (unpaired) electrons. The number of ether oxygens (including phenoxy) is 2. The van der Waals surface area contributed by atoms with Crippen LogP contribution in [0.4, 0.5) is 9.59 Å². The lowest BCUT2D eigenvalue weighted by Gasteiger charge is -2.51. The van der Waals surface area contributed by atoms with E-state index in [1.807, 2.05) is 114 Å². The maximum Gasteiger partial charge on any atom is 0.408 e. The summed E-state index contributed by atoms with van der Waals surface area (Å²) >= 11 is 0. The molecule has 16 nitrogen and oxygen atoms in total. The van der Waals surface area contributed by atoms with Gasteiger partial charge in [-0.25, -0.2) is 9.59 Å². The van der Waals surface area contributed by atoms with Crippen molar-refractivity contribution < 1.29 is 43.4 Å². The van der Waals surface area contributed by atoms with Gasteiger partial charge in [-0.3, -0.25) is 19.2 Å². The number of nitrogens with zero attached hydrogens (tertiary/aromatic N) is 2. The highest BCUT2D eigenvalue weighted by Gasteiger charge is 2.46. The molecule has 2 heterocycles. The number of hydrogen-bond donors (Lipinski definition) is 6. The summed E-state index contributed by atoms with van der Waals surface area (Å²) in [4.78, 5) is 84.3. The van der Waals surface area contributed by atoms with Gasteiger partial charge in [0.05, 0.1) is 12.0 Å². The van der Waals surface area contributed by atoms with Gasteiger partial charge in [0, 0.05) is 30.2 Å². The Morgan fingerprint density at radius 3 is 2.00 bits per heavy atom. The van der Waals surface area contributed by atoms with Crippen LogP contribution in [0.3, 0.4) is 0 Å². The van der Waals surface area contributed by atoms with Gasteiger partial charge in [0.15, 0.2) is 0 Å². The van der Waals surface area contributed by atoms with Crippen molar-refractivity contribution in [3.05, 3.63) is 83.9 Å². The number of piperidine rings is 1. The Hall–Kier alpha value is -5.48. The molecule has 0 aliphatic carbocycles. The first kappa shape index (κ1) is 56.1. The van der Waals surface area contributed by atoms with Gasteiger partial charge in [0.2, 0.25) is 23.6 Å². The van der Waals surface area contributed by atoms with Crippen LogP contribution in [0.2, 0.25) is 0 Å². The fourth-order valence-corrected chi connectivity index (χ4v) is 9.30. The van der Waals surface area contributed by atoms with E-state index >= 15 is 0 Å². The van der Waals surface area contributed by atoms with E-state index in [1.54, 1.807) is 39.5 Å². The Bertz CT molecular complexity index is 2020. The monoisotopic (exact) mass is 960 g/mol. The molecule has 69 heavy (non-hydrogen) atoms. The van der Waals surface area contributed by atoms with Crippen molar-refractivity contribution in [1.82, 2.24) is 36.5 Å². The predicted molar refractivity (Wildman–Crippen MR) is 266 cm³/mol. The van der Waals surface area contributed by atoms with Gasteiger partial charge in [-0.05, 0) is 123 Å². The number of nitrogens with one attached hydrogen (secondary N) is 5. The van der Waals surface area contributed by atoms with E-state index < -0.39 is 82.6 Å². The number of rotatable bonds is 21. The van der Waals surface area contributed by atoms with Gasteiger partial charge in [-0.2, -0.15) is 5.06 Å². The normalized spacial score (nSPS) is 19.0. The second kappa shape index (κ2) is 25.4. The smallest absolute Gasteiger partial charge is 0.408 e. The van der Waals surface area contributed by atoms with Crippen LogP contribution in [0.1, 0.15) is 132 Å². The van der Waals surface area contributed by atoms with Gasteiger partial charge in [-0.1, -0.05) is 101 Å². The lowest BCUT2D eigenvalue weighted by atomic mass is 9.79. The molecule has 0 aromatic heterocycles. The Balaban J connectivity index is 1.50. The quantitative estimate of drug-likeness (QED) is 0.0548. The van der Waals surface area contributed by atoms with Crippen molar-refractivity contribution >= 4 is 35.8 Å². The van der Waals surface area contributed by atoms with Crippen LogP contribution < -0.4 is 26.6 Å². The number of hydrogen-bond acceptors (Lipinski definition) is 10. The minimum Gasteiger partial charge on any atom is -0.445 e. The molecule has 2 aliphatic rings. The Kier molecular flexibility index (Phi) is 20.7. The molecule has 0 bridgehead atoms. The average Bonchev–Trinajstić information content (AvgIpc) is 3.76. The highest BCUT2D eigenvalue weighted by Crippen LogP contribution is 2.36. The zero-order chi connectivity index (χ0) is 51.1. The van der Waals surface area contributed by atoms with Crippen LogP contribution in [0.15, 0.2) is 72.8 Å². The van der Waals surface area contributed by atoms with Crippen molar-refractivity contribution in [2.45, 2.75) is 181 Å². The van der Waals surface area contributed by atoms with Crippen LogP contribution >= 0.6 is 0 Å². The van der Waals surface area contributed by atoms with E-state index in [1.165, 1.54) is 5.06 Å². The summed E-state index contributed by atoms with van der Waals surface area (Å²) in [5.41, 5.74) is -0.199. The number of likely N-dealkylation sites (tertiary alicyclic amines) is 1. The predicted octanol–water partition coefficient (Wildman–Crippen LogP) is 7.19. The number of alkyl carbamates (subject to hydrolysis) is 2. The molecule has 6 amide bonds. The highest BCUT2D eigenvalue weighted by atomic mass is 16.6. The summed E-state index contributed by atoms with van der Waals surface area (Å²) in [6.07, 6.45) is 5.84. The molecule has 0 spiro atoms. The van der Waals surface area contributed by atoms with E-state index in [2.05, 4.69) is 26.6 Å². The first-order valence-corrected chi connectivity index (χ1v) is 24.7. The third-order valence-electron chi connectivity index (χ3n) is 12.5. The van der Waals surface area contributed by atoms with E-state index in [9.17, 15) is 34.0 Å². The largest absolute Gasteiger partial charge is 0.445 e. The Morgan fingerprint density at radius 2 is 1.42 bits per heavy atom. The summed E-state index contributed by atoms with van der Waals surface area (Å²) in [7, 11) is 0. The second-order valence-electron chi connectivity index (χ2n) is 21.7. The average molecular weight is 960 g/mol. The number of hydroxylamine groups is 2. The lowest BCUT2D eigenvalue weighted by molar-refractivity contribution is -0.246. The zero-order valence-corrected chi connectivity index (χ0v) is 42.9. The summed E-state index contributed by atoms with van der Waals surface area (Å²) < 4.78 is 10.9. The SMILES string of the molecule is CC(C)C[C@@H](/C=C/[C@H](Cc1ccccc1)C(=O)N1CCC[C@H]1C(=O)N[C@H](C(=O)N[C@H](CCCNC(=O)OCc1ccccc1)C(=O)NC1CC(C)(C)N(O)C(C)(C)C1)C(C)C)NC(=O)OC(C)(C)C. The Labute approximate surface area is 410 Å². The molecular formula is C53H81N7O9. The van der Waals surface area contributed by atoms with Gasteiger partial charge in [-0.15, -0.1) is 0 Å². The van der Waals surface area contributed by atoms with E-state index in [0.29, 0.717) is 51.5 Å². The van der Waals surface area contributed by atoms with E-state index in [-0.39, 0.29) is 37.4 Å². The van der Waals surface area contributed by atoms with Crippen molar-refractivity contribution in [3.63, 3.8) is 0 Å². The van der Waals surface area contributed by atoms with Crippen molar-refractivity contribution in [2.75, 3.05) is 13.1 Å². The first-order chi connectivity index (χ1) is 32.3. The second-order valence-corrected chi connectivity index (χ2v) is 21.7. The molecule has 6 N–H and O–H groups in total. The fraction of sp³-hybridized carbons (Fsp3) is 0.623. The molecular weight excluding hydrogens is 879 g/mol. The minimum atomic E-state index is -1.05. The van der Waals surface area contributed by atoms with Gasteiger partial charge < -0.3 is 46.2 Å². The Morgan fingerprint density at radius 1 is 0.812 bits per heavy atom. The molecule has 0 saturated carbocycles. The maximum absolute atomic E-state index is 14.6. The standard InChI is InChI=1S/C53H81N7O9/c1-35(2)30-40(56-50(66)69-51(5,6)7)27-26-39(31-37-20-14-12-15-21-37)48(64)59-29-19-25-43(59)46(62)58-44(36(3)4)47(63)57-42(24-18-28-54-49(65)68-34-38-22-16-13-17-23-38)45(61)55-41-32-52(8,9)60(67)53(10,11)33-41/h12-17,20-23,26-27,35-36,39-44,67H,18-19,24-25,28-34H2,1-11H3,(H,54,65)(H,55,61)(H,56,66)(H,57,63)(H,58,62)/b27-26+/t39-,40-,42-,43+,44+/m1/s1. The molecule has 2 saturated heterocycles. The molecule has 16 heteroatoms. The van der Waals surface area contributed by atoms with Gasteiger partial charge in [0.1, 0.15) is 30.3 Å². The maximum atomic E-state index is 14.6. The molecule has 2 aliphatic heterocycles. The van der Waals surface area contributed by atoms with Crippen LogP contribution in [-0.2, 0) is 41.7 Å². The molecule has 5 atom stereocenters. The number of amides is 6. The summed E-state index contributed by atoms with van der Waals surface area (Å²) in [6, 6.07) is 15.2. The first-order valence-electron chi connectivity index (χ1n) is 24.7. The van der Waals surface area contributed by atoms with Crippen LogP contribution in [0, 0.1) is 17.8 Å². The molecule has 4 rings (SSSR count). The van der Waals surface area contributed by atoms with Crippen molar-refractivity contribution in [2.24, 2.45) is 17.8 Å². The lowest BCUT2D eigenvalue weighted by Crippen LogP contribution is -2.64. The van der Waals surface area contributed by atoms with Gasteiger partial charge >= 0.3 is 12.2 Å². The molecule has 2 aromatic rings. The van der Waals surface area contributed by atoms with Crippen molar-refractivity contribution in [3.8, 4) is 0 Å². The van der Waals surface area contributed by atoms with Crippen LogP contribution in [0.5, 0.6) is 0 Å². The summed E-state index contributed by atoms with van der Waals surface area (Å²) in [5.74, 6) is -2.54. The summed E-state index contributed by atoms with van der Waals surface area (Å²) in [5, 5.41) is 26.9. The summed E-state index contributed by atoms with van der Waals surface area (Å²) in [6.45, 7) is 21.3. The molecule has 382 valence electrons. The topological polar surface area (TPSA) is 208 Å². The fourth-order valence-electron chi connectivity index (χ4n) is 9.30. The van der Waals surface area contributed by atoms with Crippen LogP contribution in [0.25, 0.3) is 0 Å². The molecule has 0 unspecified atom stereocenters. The van der Waals surface area contributed by atoms with E-state index in [4.69, 9.17) is 9.47 Å². The van der Waals surface area contributed by atoms with Crippen LogP contribution in [-0.4, -0.2) is 111 Å². The third-order valence-corrected chi connectivity index (χ3v) is 12.5. The zero-order valence-electron chi connectivity index (χ0n) is 42.9. The number of carbonyl (C=O) groups excluding carboxylic acids is 6. The molecule has 2 fully saturated rings. The number of carbonyl (C=O) groups is 6. The minimum absolute atomic E-state index is 0.0987. The van der Waals surface area contributed by atoms with E-state index in [0.717, 1.165) is 11.1 Å². The number of benzene rings is 2. The third kappa shape index (κ3) is 18.1. The van der Waals surface area contributed by atoms with Crippen molar-refractivity contribution in [1.29, 1.82) is 0 Å². The highest BCUT2D eigenvalue weighted by molar-refractivity contribution is 5.95. The van der Waals surface area contributed by atoms with Gasteiger partial charge in [0.25, 0.3) is 0 Å². The molecule has 2 aromatic carbocycles.